The van der Waals surface area contributed by atoms with Crippen molar-refractivity contribution in [1.82, 2.24) is 0 Å². The summed E-state index contributed by atoms with van der Waals surface area (Å²) in [7, 11) is 0. The molecule has 100 heavy (non-hydrogen) atoms. The Balaban J connectivity index is 0.000000615. The number of hydrogen-bond acceptors (Lipinski definition) is 0. The normalized spacial score (nSPS) is 13.5. The highest BCUT2D eigenvalue weighted by Gasteiger charge is 2.30. The fourth-order valence-electron chi connectivity index (χ4n) is 13.3. The SMILES string of the molecule is CC(C)(C)c1cc(C(C)(C)C)cc(C(C)(C)C)c1.CC(C)(C)c1ccccc1C(C)(C)C.CC(C)c1cccc(C(C)C)c1C(C)(C)C.Cc1cccc(C)c1C(C)(C)C.Cc1cccc(C)c1C(C)(C)C.[2H]C(C)(C)c1cccc(C(C)(C)C)c1C(C)(C)C.[2H]c1c([2H])c(C)c([2H])c(C(C)(C)C)c1[2H]. The third kappa shape index (κ3) is 29.7. The molecule has 0 amide bonds. The van der Waals surface area contributed by atoms with E-state index in [9.17, 15) is 0 Å². The lowest BCUT2D eigenvalue weighted by atomic mass is 9.71. The zero-order valence-corrected chi connectivity index (χ0v) is 73.6. The van der Waals surface area contributed by atoms with Gasteiger partial charge in [-0.25, -0.2) is 0 Å². The first-order valence-corrected chi connectivity index (χ1v) is 37.9. The molecule has 0 aliphatic rings. The summed E-state index contributed by atoms with van der Waals surface area (Å²) >= 11 is 0. The number of rotatable bonds is 3. The van der Waals surface area contributed by atoms with Gasteiger partial charge in [0.1, 0.15) is 0 Å². The Morgan fingerprint density at radius 1 is 0.260 bits per heavy atom. The Kier molecular flexibility index (Phi) is 29.9. The minimum atomic E-state index is -0.552. The molecule has 0 N–H and O–H groups in total. The van der Waals surface area contributed by atoms with Crippen LogP contribution in [0.4, 0.5) is 0 Å². The van der Waals surface area contributed by atoms with Crippen LogP contribution in [0.3, 0.4) is 0 Å². The average molecular weight is 1370 g/mol. The van der Waals surface area contributed by atoms with Crippen molar-refractivity contribution in [2.75, 3.05) is 0 Å². The second-order valence-corrected chi connectivity index (χ2v) is 41.0. The molecule has 0 bridgehead atoms. The molecular formula is C100H158. The molecule has 0 spiro atoms. The fraction of sp³-hybridized carbons (Fsp3) is 0.580. The van der Waals surface area contributed by atoms with Crippen molar-refractivity contribution in [2.24, 2.45) is 0 Å². The van der Waals surface area contributed by atoms with Gasteiger partial charge in [0.2, 0.25) is 0 Å². The van der Waals surface area contributed by atoms with Crippen molar-refractivity contribution >= 4 is 0 Å². The molecule has 7 rings (SSSR count). The first-order chi connectivity index (χ1) is 46.7. The molecule has 0 saturated heterocycles. The Morgan fingerprint density at radius 2 is 0.520 bits per heavy atom. The van der Waals surface area contributed by atoms with E-state index < -0.39 is 5.89 Å². The van der Waals surface area contributed by atoms with Gasteiger partial charge in [0.15, 0.2) is 0 Å². The van der Waals surface area contributed by atoms with Gasteiger partial charge in [0, 0.05) is 1.37 Å². The quantitative estimate of drug-likeness (QED) is 0.165. The lowest BCUT2D eigenvalue weighted by Gasteiger charge is -2.33. The minimum Gasteiger partial charge on any atom is -0.0620 e. The van der Waals surface area contributed by atoms with Crippen LogP contribution in [0.25, 0.3) is 0 Å². The zero-order valence-electron chi connectivity index (χ0n) is 78.6. The molecule has 0 heteroatoms. The van der Waals surface area contributed by atoms with Crippen molar-refractivity contribution in [2.45, 2.75) is 382 Å². The molecule has 0 aromatic heterocycles. The summed E-state index contributed by atoms with van der Waals surface area (Å²) in [5.41, 5.74) is 27.1. The molecular weight excluding hydrogens is 1200 g/mol. The molecule has 0 fully saturated rings. The Labute approximate surface area is 630 Å². The third-order valence-electron chi connectivity index (χ3n) is 18.3. The highest BCUT2D eigenvalue weighted by Crippen LogP contribution is 2.41. The standard InChI is InChI=1S/C18H30.C17H28.C16H26.C14H22.2C12H18.C11H16/c1-16(2,3)13-10-14(17(4,5)6)12-15(11-13)18(7,8)9;1-12(2)13-10-9-11-14(16(3,4)5)15(13)17(6,7)8;1-11(2)13-9-8-10-14(12(3)4)15(13)16(5,6)7;1-13(2,3)11-9-7-8-10-12(11)14(4,5)6;2*1-9-7-6-8-10(2)11(9)12(3,4)5;1-9-6-5-7-10(8-9)11(2,3)4/h10-12H,1-9H3;9-12H,1-8H3;8-12H,1-7H3;7-10H,1-6H3;2*6-8H,1-5H3;5-8H,1-4H3/i;12D;;;;;5D,6D,7D,8D. The molecule has 0 unspecified atom stereocenters. The monoisotopic (exact) mass is 1360 g/mol. The molecule has 0 heterocycles. The lowest BCUT2D eigenvalue weighted by molar-refractivity contribution is 0.521. The van der Waals surface area contributed by atoms with Gasteiger partial charge < -0.3 is 0 Å². The average Bonchev–Trinajstić information content (AvgIpc) is 0.778. The molecule has 0 atom stereocenters. The van der Waals surface area contributed by atoms with Crippen LogP contribution >= 0.6 is 0 Å². The fourth-order valence-corrected chi connectivity index (χ4v) is 13.3. The van der Waals surface area contributed by atoms with Crippen molar-refractivity contribution in [1.29, 1.82) is 0 Å². The van der Waals surface area contributed by atoms with Gasteiger partial charge in [-0.05, 0) is 212 Å². The molecule has 0 aliphatic carbocycles. The van der Waals surface area contributed by atoms with E-state index in [1.807, 2.05) is 34.6 Å². The van der Waals surface area contributed by atoms with Crippen molar-refractivity contribution in [3.63, 3.8) is 0 Å². The maximum absolute atomic E-state index is 8.39. The summed E-state index contributed by atoms with van der Waals surface area (Å²) in [5.74, 6) is 0.657. The van der Waals surface area contributed by atoms with Gasteiger partial charge in [-0.1, -0.05) is 415 Å². The zero-order chi connectivity index (χ0) is 82.9. The van der Waals surface area contributed by atoms with Gasteiger partial charge in [0.25, 0.3) is 0 Å². The van der Waals surface area contributed by atoms with Gasteiger partial charge >= 0.3 is 0 Å². The summed E-state index contributed by atoms with van der Waals surface area (Å²) in [6.45, 7) is 97.6. The molecule has 7 aromatic rings. The molecule has 7 aromatic carbocycles. The van der Waals surface area contributed by atoms with E-state index in [4.69, 9.17) is 6.85 Å². The molecule has 0 nitrogen and oxygen atoms in total. The molecule has 558 valence electrons. The maximum Gasteiger partial charge on any atom is 0.0629 e. The van der Waals surface area contributed by atoms with Crippen LogP contribution < -0.4 is 0 Å². The Hall–Kier alpha value is -5.46. The summed E-state index contributed by atoms with van der Waals surface area (Å²) in [6.07, 6.45) is 0. The Bertz CT molecular complexity index is 3600. The van der Waals surface area contributed by atoms with E-state index in [0.717, 1.165) is 5.56 Å². The van der Waals surface area contributed by atoms with Crippen LogP contribution in [-0.2, 0) is 59.6 Å². The largest absolute Gasteiger partial charge is 0.0629 e. The summed E-state index contributed by atoms with van der Waals surface area (Å²) < 4.78 is 39.3. The highest BCUT2D eigenvalue weighted by molar-refractivity contribution is 5.47. The summed E-state index contributed by atoms with van der Waals surface area (Å²) in [4.78, 5) is 0. The summed E-state index contributed by atoms with van der Waals surface area (Å²) in [6, 6.07) is 42.3. The second kappa shape index (κ2) is 35.8. The van der Waals surface area contributed by atoms with Crippen LogP contribution in [0, 0.1) is 34.6 Å². The van der Waals surface area contributed by atoms with Crippen LogP contribution in [0.5, 0.6) is 0 Å². The predicted octanol–water partition coefficient (Wildman–Crippen LogP) is 31.0. The third-order valence-corrected chi connectivity index (χ3v) is 18.3. The molecule has 0 radical (unpaired) electrons. The second-order valence-electron chi connectivity index (χ2n) is 41.0. The van der Waals surface area contributed by atoms with E-state index >= 15 is 0 Å². The number of hydrogen-bond donors (Lipinski definition) is 0. The molecule has 0 aliphatic heterocycles. The van der Waals surface area contributed by atoms with E-state index in [1.54, 1.807) is 12.5 Å². The number of aryl methyl sites for hydroxylation is 4. The van der Waals surface area contributed by atoms with Gasteiger partial charge in [0.05, 0.1) is 5.48 Å². The van der Waals surface area contributed by atoms with Crippen LogP contribution in [0.15, 0.2) is 139 Å². The smallest absolute Gasteiger partial charge is 0.0620 e. The first kappa shape index (κ1) is 83.5. The van der Waals surface area contributed by atoms with Crippen LogP contribution in [-0.4, -0.2) is 0 Å². The van der Waals surface area contributed by atoms with E-state index in [1.165, 1.54) is 83.5 Å². The van der Waals surface area contributed by atoms with E-state index in [-0.39, 0.29) is 83.7 Å². The topological polar surface area (TPSA) is 0 Å². The Morgan fingerprint density at radius 3 is 0.760 bits per heavy atom. The van der Waals surface area contributed by atoms with Crippen LogP contribution in [0.2, 0.25) is 0 Å². The minimum absolute atomic E-state index is 0.00185. The van der Waals surface area contributed by atoms with Crippen LogP contribution in [0.1, 0.15) is 400 Å². The first-order valence-electron chi connectivity index (χ1n) is 40.4. The van der Waals surface area contributed by atoms with E-state index in [2.05, 4.69) is 378 Å². The predicted molar refractivity (Wildman–Crippen MR) is 457 cm³/mol. The van der Waals surface area contributed by atoms with Crippen molar-refractivity contribution in [3.05, 3.63) is 245 Å². The van der Waals surface area contributed by atoms with Crippen molar-refractivity contribution in [3.8, 4) is 0 Å². The summed E-state index contributed by atoms with van der Waals surface area (Å²) in [5, 5.41) is 0. The van der Waals surface area contributed by atoms with Gasteiger partial charge in [-0.15, -0.1) is 0 Å². The van der Waals surface area contributed by atoms with E-state index in [0.29, 0.717) is 23.0 Å². The lowest BCUT2D eigenvalue weighted by Crippen LogP contribution is -2.24. The molecule has 0 saturated carbocycles. The van der Waals surface area contributed by atoms with Crippen molar-refractivity contribution < 1.29 is 6.85 Å². The highest BCUT2D eigenvalue weighted by atomic mass is 14.3. The number of benzene rings is 7. The maximum atomic E-state index is 8.39. The van der Waals surface area contributed by atoms with Gasteiger partial charge in [-0.2, -0.15) is 0 Å². The van der Waals surface area contributed by atoms with Gasteiger partial charge in [-0.3, -0.25) is 0 Å².